The Morgan fingerprint density at radius 3 is 2.23 bits per heavy atom. The van der Waals surface area contributed by atoms with Gasteiger partial charge in [-0.3, -0.25) is 14.5 Å². The Labute approximate surface area is 153 Å². The summed E-state index contributed by atoms with van der Waals surface area (Å²) in [5.41, 5.74) is 1.32. The van der Waals surface area contributed by atoms with Gasteiger partial charge in [0, 0.05) is 24.3 Å². The molecule has 134 valence electrons. The van der Waals surface area contributed by atoms with E-state index >= 15 is 0 Å². The number of benzene rings is 2. The lowest BCUT2D eigenvalue weighted by molar-refractivity contribution is -0.125. The average Bonchev–Trinajstić information content (AvgIpc) is 3.01. The van der Waals surface area contributed by atoms with Crippen molar-refractivity contribution in [3.63, 3.8) is 0 Å². The van der Waals surface area contributed by atoms with Crippen molar-refractivity contribution in [1.29, 1.82) is 0 Å². The first-order chi connectivity index (χ1) is 12.7. The van der Waals surface area contributed by atoms with E-state index < -0.39 is 5.54 Å². The Hall–Kier alpha value is -2.66. The molecule has 2 aliphatic heterocycles. The standard InChI is InChI=1S/C21H23N3O2/c25-19(17-7-3-1-4-8-17)15-23-13-11-21(12-14-23)20(26)22-16-24(21)18-9-5-2-6-10-18/h1-10H,11-16H2,(H,22,26). The highest BCUT2D eigenvalue weighted by Crippen LogP contribution is 2.36. The first-order valence-corrected chi connectivity index (χ1v) is 9.11. The Morgan fingerprint density at radius 2 is 1.58 bits per heavy atom. The molecule has 26 heavy (non-hydrogen) atoms. The number of Topliss-reactive ketones (excluding diaryl/α,β-unsaturated/α-hetero) is 1. The molecule has 0 aromatic heterocycles. The molecule has 2 aromatic carbocycles. The zero-order valence-corrected chi connectivity index (χ0v) is 14.7. The van der Waals surface area contributed by atoms with Crippen LogP contribution in [0.1, 0.15) is 23.2 Å². The zero-order valence-electron chi connectivity index (χ0n) is 14.7. The lowest BCUT2D eigenvalue weighted by Gasteiger charge is -2.43. The number of nitrogens with zero attached hydrogens (tertiary/aromatic N) is 2. The molecule has 0 unspecified atom stereocenters. The molecule has 2 aliphatic rings. The van der Waals surface area contributed by atoms with Crippen LogP contribution in [-0.2, 0) is 4.79 Å². The summed E-state index contributed by atoms with van der Waals surface area (Å²) in [6.45, 7) is 2.45. The summed E-state index contributed by atoms with van der Waals surface area (Å²) in [6.07, 6.45) is 1.46. The summed E-state index contributed by atoms with van der Waals surface area (Å²) in [5.74, 6) is 0.243. The van der Waals surface area contributed by atoms with E-state index in [1.165, 1.54) is 0 Å². The van der Waals surface area contributed by atoms with E-state index in [-0.39, 0.29) is 11.7 Å². The smallest absolute Gasteiger partial charge is 0.247 e. The fourth-order valence-electron chi connectivity index (χ4n) is 4.03. The Bertz CT molecular complexity index is 783. The molecule has 1 N–H and O–H groups in total. The minimum Gasteiger partial charge on any atom is -0.339 e. The Balaban J connectivity index is 1.45. The van der Waals surface area contributed by atoms with Crippen LogP contribution in [0.5, 0.6) is 0 Å². The van der Waals surface area contributed by atoms with Crippen molar-refractivity contribution in [2.45, 2.75) is 18.4 Å². The predicted octanol–water partition coefficient (Wildman–Crippen LogP) is 2.30. The number of carbonyl (C=O) groups is 2. The van der Waals surface area contributed by atoms with Gasteiger partial charge in [-0.25, -0.2) is 0 Å². The molecule has 2 saturated heterocycles. The summed E-state index contributed by atoms with van der Waals surface area (Å²) in [5, 5.41) is 3.01. The Kier molecular flexibility index (Phi) is 4.47. The average molecular weight is 349 g/mol. The normalized spacial score (nSPS) is 19.5. The van der Waals surface area contributed by atoms with Gasteiger partial charge in [0.1, 0.15) is 5.54 Å². The molecule has 4 rings (SSSR count). The maximum atomic E-state index is 12.6. The maximum absolute atomic E-state index is 12.6. The minimum absolute atomic E-state index is 0.107. The van der Waals surface area contributed by atoms with Gasteiger partial charge in [-0.2, -0.15) is 0 Å². The minimum atomic E-state index is -0.492. The highest BCUT2D eigenvalue weighted by atomic mass is 16.2. The summed E-state index contributed by atoms with van der Waals surface area (Å²) >= 11 is 0. The summed E-state index contributed by atoms with van der Waals surface area (Å²) in [7, 11) is 0. The largest absolute Gasteiger partial charge is 0.339 e. The molecule has 2 aromatic rings. The van der Waals surface area contributed by atoms with E-state index in [0.29, 0.717) is 13.2 Å². The van der Waals surface area contributed by atoms with Gasteiger partial charge in [-0.1, -0.05) is 48.5 Å². The molecule has 5 heteroatoms. The van der Waals surface area contributed by atoms with Crippen LogP contribution in [-0.4, -0.2) is 48.4 Å². The third-order valence-corrected chi connectivity index (χ3v) is 5.55. The van der Waals surface area contributed by atoms with Gasteiger partial charge in [-0.15, -0.1) is 0 Å². The van der Waals surface area contributed by atoms with Crippen LogP contribution < -0.4 is 10.2 Å². The van der Waals surface area contributed by atoms with E-state index in [4.69, 9.17) is 0 Å². The predicted molar refractivity (Wildman–Crippen MR) is 101 cm³/mol. The quantitative estimate of drug-likeness (QED) is 0.861. The molecule has 0 atom stereocenters. The first-order valence-electron chi connectivity index (χ1n) is 9.11. The van der Waals surface area contributed by atoms with Gasteiger partial charge in [-0.05, 0) is 25.0 Å². The van der Waals surface area contributed by atoms with E-state index in [1.54, 1.807) is 0 Å². The van der Waals surface area contributed by atoms with Gasteiger partial charge in [0.2, 0.25) is 5.91 Å². The van der Waals surface area contributed by atoms with Crippen molar-refractivity contribution in [3.8, 4) is 0 Å². The molecular formula is C21H23N3O2. The maximum Gasteiger partial charge on any atom is 0.247 e. The second-order valence-corrected chi connectivity index (χ2v) is 7.02. The number of rotatable bonds is 4. The molecular weight excluding hydrogens is 326 g/mol. The number of piperidine rings is 1. The van der Waals surface area contributed by atoms with Crippen LogP contribution in [0.25, 0.3) is 0 Å². The van der Waals surface area contributed by atoms with Crippen LogP contribution in [0.2, 0.25) is 0 Å². The second-order valence-electron chi connectivity index (χ2n) is 7.02. The van der Waals surface area contributed by atoms with E-state index in [0.717, 1.165) is 37.2 Å². The van der Waals surface area contributed by atoms with Crippen molar-refractivity contribution in [2.75, 3.05) is 31.2 Å². The zero-order chi connectivity index (χ0) is 18.0. The lowest BCUT2D eigenvalue weighted by atomic mass is 9.85. The molecule has 0 aliphatic carbocycles. The van der Waals surface area contributed by atoms with E-state index in [9.17, 15) is 9.59 Å². The van der Waals surface area contributed by atoms with Crippen molar-refractivity contribution >= 4 is 17.4 Å². The van der Waals surface area contributed by atoms with Gasteiger partial charge in [0.15, 0.2) is 5.78 Å². The van der Waals surface area contributed by atoms with Crippen molar-refractivity contribution < 1.29 is 9.59 Å². The molecule has 0 radical (unpaired) electrons. The number of amides is 1. The summed E-state index contributed by atoms with van der Waals surface area (Å²) in [6, 6.07) is 19.5. The molecule has 2 heterocycles. The number of para-hydroxylation sites is 1. The fourth-order valence-corrected chi connectivity index (χ4v) is 4.03. The molecule has 0 saturated carbocycles. The molecule has 2 fully saturated rings. The van der Waals surface area contributed by atoms with Gasteiger partial charge in [0.25, 0.3) is 0 Å². The highest BCUT2D eigenvalue weighted by molar-refractivity contribution is 5.97. The van der Waals surface area contributed by atoms with Crippen LogP contribution in [0.15, 0.2) is 60.7 Å². The number of hydrogen-bond donors (Lipinski definition) is 1. The van der Waals surface area contributed by atoms with E-state index in [1.807, 2.05) is 60.7 Å². The third-order valence-electron chi connectivity index (χ3n) is 5.55. The number of anilines is 1. The van der Waals surface area contributed by atoms with Crippen molar-refractivity contribution in [2.24, 2.45) is 0 Å². The highest BCUT2D eigenvalue weighted by Gasteiger charge is 2.50. The number of hydrogen-bond acceptors (Lipinski definition) is 4. The number of ketones is 1. The molecule has 5 nitrogen and oxygen atoms in total. The van der Waals surface area contributed by atoms with Crippen molar-refractivity contribution in [3.05, 3.63) is 66.2 Å². The van der Waals surface area contributed by atoms with Crippen LogP contribution in [0, 0.1) is 0 Å². The molecule has 1 spiro atoms. The van der Waals surface area contributed by atoms with Crippen molar-refractivity contribution in [1.82, 2.24) is 10.2 Å². The number of nitrogens with one attached hydrogen (secondary N) is 1. The van der Waals surface area contributed by atoms with Crippen LogP contribution >= 0.6 is 0 Å². The second kappa shape index (κ2) is 6.92. The first kappa shape index (κ1) is 16.8. The summed E-state index contributed by atoms with van der Waals surface area (Å²) in [4.78, 5) is 29.4. The molecule has 0 bridgehead atoms. The van der Waals surface area contributed by atoms with Gasteiger partial charge < -0.3 is 10.2 Å². The van der Waals surface area contributed by atoms with Crippen LogP contribution in [0.4, 0.5) is 5.69 Å². The third kappa shape index (κ3) is 2.99. The lowest BCUT2D eigenvalue weighted by Crippen LogP contribution is -2.56. The summed E-state index contributed by atoms with van der Waals surface area (Å²) < 4.78 is 0. The van der Waals surface area contributed by atoms with E-state index in [2.05, 4.69) is 15.1 Å². The Morgan fingerprint density at radius 1 is 0.962 bits per heavy atom. The monoisotopic (exact) mass is 349 g/mol. The van der Waals surface area contributed by atoms with Crippen LogP contribution in [0.3, 0.4) is 0 Å². The number of likely N-dealkylation sites (tertiary alicyclic amines) is 1. The fraction of sp³-hybridized carbons (Fsp3) is 0.333. The molecule has 1 amide bonds. The number of carbonyl (C=O) groups excluding carboxylic acids is 2. The topological polar surface area (TPSA) is 52.7 Å². The van der Waals surface area contributed by atoms with Gasteiger partial charge >= 0.3 is 0 Å². The van der Waals surface area contributed by atoms with Gasteiger partial charge in [0.05, 0.1) is 13.2 Å². The SMILES string of the molecule is O=C(CN1CCC2(CC1)C(=O)NCN2c1ccccc1)c1ccccc1.